The fourth-order valence-electron chi connectivity index (χ4n) is 3.74. The van der Waals surface area contributed by atoms with Crippen LogP contribution >= 0.6 is 0 Å². The predicted molar refractivity (Wildman–Crippen MR) is 129 cm³/mol. The average molecular weight is 460 g/mol. The second kappa shape index (κ2) is 10.0. The molecule has 34 heavy (non-hydrogen) atoms. The van der Waals surface area contributed by atoms with Crippen LogP contribution in [0.4, 0.5) is 5.69 Å². The quantitative estimate of drug-likeness (QED) is 0.433. The average Bonchev–Trinajstić information content (AvgIpc) is 2.87. The molecule has 0 aliphatic rings. The second-order valence-electron chi connectivity index (χ2n) is 7.55. The maximum absolute atomic E-state index is 13.3. The fourth-order valence-corrected chi connectivity index (χ4v) is 3.74. The Kier molecular flexibility index (Phi) is 6.72. The Morgan fingerprint density at radius 3 is 2.44 bits per heavy atom. The Bertz CT molecular complexity index is 1440. The monoisotopic (exact) mass is 460 g/mol. The number of pyridine rings is 1. The number of carbonyl (C=O) groups is 1. The van der Waals surface area contributed by atoms with E-state index in [9.17, 15) is 14.4 Å². The third-order valence-electron chi connectivity index (χ3n) is 5.42. The van der Waals surface area contributed by atoms with Gasteiger partial charge in [-0.15, -0.1) is 0 Å². The summed E-state index contributed by atoms with van der Waals surface area (Å²) in [4.78, 5) is 43.3. The topological polar surface area (TPSA) is 104 Å². The molecule has 2 aromatic carbocycles. The molecule has 9 nitrogen and oxygen atoms in total. The third kappa shape index (κ3) is 4.68. The van der Waals surface area contributed by atoms with E-state index in [2.05, 4.69) is 10.3 Å². The molecule has 4 rings (SSSR count). The number of anilines is 1. The predicted octanol–water partition coefficient (Wildman–Crippen LogP) is 2.46. The van der Waals surface area contributed by atoms with E-state index in [1.807, 2.05) is 30.3 Å². The lowest BCUT2D eigenvalue weighted by Crippen LogP contribution is -2.42. The van der Waals surface area contributed by atoms with Crippen molar-refractivity contribution in [3.63, 3.8) is 0 Å². The number of ether oxygens (including phenoxy) is 2. The van der Waals surface area contributed by atoms with Gasteiger partial charge in [-0.2, -0.15) is 0 Å². The Balaban J connectivity index is 1.65. The minimum Gasteiger partial charge on any atom is -0.493 e. The highest BCUT2D eigenvalue weighted by molar-refractivity contribution is 5.91. The number of hydrogen-bond donors (Lipinski definition) is 1. The molecule has 0 spiro atoms. The Labute approximate surface area is 195 Å². The van der Waals surface area contributed by atoms with Crippen LogP contribution in [0.15, 0.2) is 76.4 Å². The molecule has 0 bridgehead atoms. The van der Waals surface area contributed by atoms with E-state index in [4.69, 9.17) is 9.47 Å². The minimum absolute atomic E-state index is 0.133. The second-order valence-corrected chi connectivity index (χ2v) is 7.55. The number of fused-ring (bicyclic) bond motifs is 1. The van der Waals surface area contributed by atoms with Crippen LogP contribution < -0.4 is 26.0 Å². The summed E-state index contributed by atoms with van der Waals surface area (Å²) < 4.78 is 12.9. The van der Waals surface area contributed by atoms with E-state index in [1.54, 1.807) is 30.3 Å². The first-order valence-corrected chi connectivity index (χ1v) is 10.7. The van der Waals surface area contributed by atoms with Gasteiger partial charge in [-0.1, -0.05) is 30.3 Å². The van der Waals surface area contributed by atoms with Gasteiger partial charge in [0.2, 0.25) is 5.91 Å². The van der Waals surface area contributed by atoms with Gasteiger partial charge in [0.05, 0.1) is 19.7 Å². The summed E-state index contributed by atoms with van der Waals surface area (Å²) in [7, 11) is 3.02. The molecule has 1 N–H and O–H groups in total. The summed E-state index contributed by atoms with van der Waals surface area (Å²) in [5.41, 5.74) is 0.866. The lowest BCUT2D eigenvalue weighted by atomic mass is 10.1. The summed E-state index contributed by atoms with van der Waals surface area (Å²) >= 11 is 0. The van der Waals surface area contributed by atoms with E-state index in [0.717, 1.165) is 10.1 Å². The molecule has 9 heteroatoms. The van der Waals surface area contributed by atoms with Gasteiger partial charge in [0.1, 0.15) is 6.54 Å². The van der Waals surface area contributed by atoms with Crippen molar-refractivity contribution in [1.29, 1.82) is 0 Å². The van der Waals surface area contributed by atoms with Crippen LogP contribution in [0.3, 0.4) is 0 Å². The van der Waals surface area contributed by atoms with Gasteiger partial charge in [0, 0.05) is 24.5 Å². The number of amides is 1. The number of carbonyl (C=O) groups excluding carboxylic acids is 1. The number of aromatic nitrogens is 3. The van der Waals surface area contributed by atoms with Gasteiger partial charge in [-0.05, 0) is 36.2 Å². The summed E-state index contributed by atoms with van der Waals surface area (Å²) in [6.07, 6.45) is 1.98. The number of aryl methyl sites for hydroxylation is 1. The van der Waals surface area contributed by atoms with Crippen molar-refractivity contribution in [2.75, 3.05) is 19.5 Å². The summed E-state index contributed by atoms with van der Waals surface area (Å²) in [5.74, 6) is 0.550. The maximum Gasteiger partial charge on any atom is 0.332 e. The van der Waals surface area contributed by atoms with Crippen LogP contribution in [-0.2, 0) is 24.3 Å². The van der Waals surface area contributed by atoms with Crippen LogP contribution in [0.5, 0.6) is 11.5 Å². The van der Waals surface area contributed by atoms with Gasteiger partial charge in [-0.3, -0.25) is 18.7 Å². The van der Waals surface area contributed by atoms with E-state index in [-0.39, 0.29) is 18.6 Å². The number of nitrogens with one attached hydrogen (secondary N) is 1. The lowest BCUT2D eigenvalue weighted by Gasteiger charge is -2.14. The lowest BCUT2D eigenvalue weighted by molar-refractivity contribution is -0.116. The van der Waals surface area contributed by atoms with E-state index < -0.39 is 17.2 Å². The third-order valence-corrected chi connectivity index (χ3v) is 5.42. The molecule has 0 radical (unpaired) electrons. The zero-order chi connectivity index (χ0) is 24.1. The van der Waals surface area contributed by atoms with Crippen molar-refractivity contribution in [1.82, 2.24) is 14.1 Å². The molecule has 2 heterocycles. The molecule has 0 atom stereocenters. The molecule has 0 saturated carbocycles. The Morgan fingerprint density at radius 2 is 1.71 bits per heavy atom. The Morgan fingerprint density at radius 1 is 0.941 bits per heavy atom. The molecule has 174 valence electrons. The Hall–Kier alpha value is -4.40. The van der Waals surface area contributed by atoms with Gasteiger partial charge >= 0.3 is 5.69 Å². The highest BCUT2D eigenvalue weighted by Crippen LogP contribution is 2.29. The first-order valence-electron chi connectivity index (χ1n) is 10.7. The number of hydrogen-bond acceptors (Lipinski definition) is 6. The zero-order valence-electron chi connectivity index (χ0n) is 18.9. The first-order chi connectivity index (χ1) is 16.5. The highest BCUT2D eigenvalue weighted by atomic mass is 16.5. The summed E-state index contributed by atoms with van der Waals surface area (Å²) in [6, 6.07) is 17.8. The molecule has 0 fully saturated rings. The van der Waals surface area contributed by atoms with Gasteiger partial charge < -0.3 is 14.8 Å². The van der Waals surface area contributed by atoms with Crippen LogP contribution in [0.25, 0.3) is 11.0 Å². The summed E-state index contributed by atoms with van der Waals surface area (Å²) in [6.45, 7) is -0.119. The summed E-state index contributed by atoms with van der Waals surface area (Å²) in [5, 5.41) is 2.76. The van der Waals surface area contributed by atoms with Gasteiger partial charge in [-0.25, -0.2) is 9.78 Å². The van der Waals surface area contributed by atoms with Crippen molar-refractivity contribution in [3.8, 4) is 11.5 Å². The number of benzene rings is 2. The van der Waals surface area contributed by atoms with E-state index in [0.29, 0.717) is 29.1 Å². The number of methoxy groups -OCH3 is 2. The fraction of sp³-hybridized carbons (Fsp3) is 0.200. The smallest absolute Gasteiger partial charge is 0.332 e. The number of nitrogens with zero attached hydrogens (tertiary/aromatic N) is 3. The highest BCUT2D eigenvalue weighted by Gasteiger charge is 2.17. The van der Waals surface area contributed by atoms with Crippen molar-refractivity contribution >= 4 is 22.6 Å². The van der Waals surface area contributed by atoms with Gasteiger partial charge in [0.25, 0.3) is 5.56 Å². The molecule has 0 saturated heterocycles. The van der Waals surface area contributed by atoms with Crippen molar-refractivity contribution in [2.45, 2.75) is 19.5 Å². The zero-order valence-corrected chi connectivity index (χ0v) is 18.9. The largest absolute Gasteiger partial charge is 0.493 e. The maximum atomic E-state index is 13.3. The first kappa shape index (κ1) is 22.8. The van der Waals surface area contributed by atoms with Crippen LogP contribution in [0.2, 0.25) is 0 Å². The molecule has 0 unspecified atom stereocenters. The molecule has 2 aromatic heterocycles. The van der Waals surface area contributed by atoms with Crippen LogP contribution in [-0.4, -0.2) is 34.2 Å². The normalized spacial score (nSPS) is 10.8. The molecule has 0 aliphatic heterocycles. The molecular weight excluding hydrogens is 436 g/mol. The number of rotatable bonds is 8. The van der Waals surface area contributed by atoms with Crippen LogP contribution in [0, 0.1) is 0 Å². The molecule has 4 aromatic rings. The SMILES string of the molecule is COc1ccc(NC(=O)Cn2c(=O)n(CCc3ccccc3)c(=O)c3ncccc32)cc1OC. The molecule has 0 aliphatic carbocycles. The van der Waals surface area contributed by atoms with Gasteiger partial charge in [0.15, 0.2) is 17.0 Å². The molecule has 1 amide bonds. The van der Waals surface area contributed by atoms with E-state index in [1.165, 1.54) is 25.0 Å². The van der Waals surface area contributed by atoms with Crippen molar-refractivity contribution < 1.29 is 14.3 Å². The van der Waals surface area contributed by atoms with Crippen molar-refractivity contribution in [3.05, 3.63) is 93.3 Å². The minimum atomic E-state index is -0.566. The molecular formula is C25H24N4O5. The standard InChI is InChI=1S/C25H24N4O5/c1-33-20-11-10-18(15-21(20)34-2)27-22(30)16-29-19-9-6-13-26-23(19)24(31)28(25(29)32)14-12-17-7-4-3-5-8-17/h3-11,13,15H,12,14,16H2,1-2H3,(H,27,30). The van der Waals surface area contributed by atoms with Crippen LogP contribution in [0.1, 0.15) is 5.56 Å². The van der Waals surface area contributed by atoms with Crippen molar-refractivity contribution in [2.24, 2.45) is 0 Å². The van der Waals surface area contributed by atoms with E-state index >= 15 is 0 Å².